The zero-order valence-corrected chi connectivity index (χ0v) is 18.7. The number of rotatable bonds is 6. The fourth-order valence-electron chi connectivity index (χ4n) is 3.26. The van der Waals surface area contributed by atoms with Gasteiger partial charge in [0, 0.05) is 18.7 Å². The van der Waals surface area contributed by atoms with Gasteiger partial charge in [-0.25, -0.2) is 4.79 Å². The van der Waals surface area contributed by atoms with Crippen molar-refractivity contribution < 1.29 is 28.7 Å². The number of hydrogen-bond acceptors (Lipinski definition) is 7. The van der Waals surface area contributed by atoms with E-state index >= 15 is 0 Å². The van der Waals surface area contributed by atoms with Crippen molar-refractivity contribution in [1.82, 2.24) is 15.5 Å². The zero-order chi connectivity index (χ0) is 23.8. The minimum atomic E-state index is -0.920. The molecule has 0 aliphatic carbocycles. The Morgan fingerprint density at radius 2 is 1.85 bits per heavy atom. The molecule has 33 heavy (non-hydrogen) atoms. The van der Waals surface area contributed by atoms with Crippen LogP contribution in [0.15, 0.2) is 54.6 Å². The van der Waals surface area contributed by atoms with Gasteiger partial charge in [0.1, 0.15) is 12.6 Å². The number of ether oxygens (including phenoxy) is 2. The number of nitrogens with zero attached hydrogens (tertiary/aromatic N) is 1. The molecule has 10 heteroatoms. The molecule has 2 N–H and O–H groups in total. The van der Waals surface area contributed by atoms with Gasteiger partial charge in [-0.3, -0.25) is 19.7 Å². The van der Waals surface area contributed by atoms with Crippen molar-refractivity contribution in [2.24, 2.45) is 0 Å². The highest BCUT2D eigenvalue weighted by atomic mass is 32.1. The van der Waals surface area contributed by atoms with E-state index in [2.05, 4.69) is 15.4 Å². The van der Waals surface area contributed by atoms with E-state index in [9.17, 15) is 19.2 Å². The van der Waals surface area contributed by atoms with E-state index in [1.807, 2.05) is 30.3 Å². The number of amides is 2. The monoisotopic (exact) mass is 469 g/mol. The topological polar surface area (TPSA) is 114 Å². The lowest BCUT2D eigenvalue weighted by Gasteiger charge is -2.36. The Labute approximate surface area is 196 Å². The lowest BCUT2D eigenvalue weighted by Crippen LogP contribution is -2.60. The Bertz CT molecular complexity index is 1060. The minimum Gasteiger partial charge on any atom is -0.465 e. The van der Waals surface area contributed by atoms with Crippen LogP contribution in [0.3, 0.4) is 0 Å². The highest BCUT2D eigenvalue weighted by molar-refractivity contribution is 7.80. The summed E-state index contributed by atoms with van der Waals surface area (Å²) in [6, 6.07) is 14.2. The Hall–Kier alpha value is -3.79. The van der Waals surface area contributed by atoms with Crippen LogP contribution in [0.2, 0.25) is 0 Å². The number of methoxy groups -OCH3 is 1. The maximum absolute atomic E-state index is 12.7. The van der Waals surface area contributed by atoms with Crippen molar-refractivity contribution >= 4 is 41.1 Å². The van der Waals surface area contributed by atoms with Crippen molar-refractivity contribution in [3.63, 3.8) is 0 Å². The first-order valence-electron chi connectivity index (χ1n) is 10.2. The number of carbonyl (C=O) groups excluding carboxylic acids is 4. The molecule has 1 aliphatic heterocycles. The average molecular weight is 470 g/mol. The molecule has 0 bridgehead atoms. The molecule has 172 valence electrons. The van der Waals surface area contributed by atoms with E-state index < -0.39 is 23.9 Å². The highest BCUT2D eigenvalue weighted by Crippen LogP contribution is 2.13. The molecule has 1 unspecified atom stereocenters. The average Bonchev–Trinajstić information content (AvgIpc) is 2.84. The quantitative estimate of drug-likeness (QED) is 0.482. The Morgan fingerprint density at radius 3 is 2.58 bits per heavy atom. The normalized spacial score (nSPS) is 15.2. The second kappa shape index (κ2) is 11.2. The largest absolute Gasteiger partial charge is 0.465 e. The first kappa shape index (κ1) is 23.9. The smallest absolute Gasteiger partial charge is 0.337 e. The molecular formula is C23H23N3O6S. The molecule has 2 amide bonds. The highest BCUT2D eigenvalue weighted by Gasteiger charge is 2.34. The number of nitrogens with one attached hydrogen (secondary N) is 2. The summed E-state index contributed by atoms with van der Waals surface area (Å²) in [6.45, 7) is 0.706. The predicted octanol–water partition coefficient (Wildman–Crippen LogP) is 1.42. The molecule has 0 aromatic heterocycles. The van der Waals surface area contributed by atoms with E-state index in [1.54, 1.807) is 6.07 Å². The third kappa shape index (κ3) is 6.36. The van der Waals surface area contributed by atoms with Crippen molar-refractivity contribution in [3.05, 3.63) is 71.3 Å². The van der Waals surface area contributed by atoms with Gasteiger partial charge in [-0.2, -0.15) is 0 Å². The molecule has 1 heterocycles. The van der Waals surface area contributed by atoms with Gasteiger partial charge >= 0.3 is 11.9 Å². The zero-order valence-electron chi connectivity index (χ0n) is 17.9. The molecule has 9 nitrogen and oxygen atoms in total. The van der Waals surface area contributed by atoms with Gasteiger partial charge in [-0.1, -0.05) is 36.4 Å². The second-order valence-electron chi connectivity index (χ2n) is 7.18. The van der Waals surface area contributed by atoms with Crippen LogP contribution < -0.4 is 10.6 Å². The summed E-state index contributed by atoms with van der Waals surface area (Å²) in [5.74, 6) is -2.08. The van der Waals surface area contributed by atoms with Gasteiger partial charge in [-0.05, 0) is 36.0 Å². The van der Waals surface area contributed by atoms with Crippen molar-refractivity contribution in [3.8, 4) is 0 Å². The van der Waals surface area contributed by atoms with Crippen LogP contribution in [0.25, 0.3) is 0 Å². The van der Waals surface area contributed by atoms with Gasteiger partial charge in [0.05, 0.1) is 19.1 Å². The SMILES string of the molecule is COC(=O)c1cccc(C(=O)NC(=S)N2CCNC(=O)C2CC(=O)OCc2ccccc2)c1. The third-order valence-corrected chi connectivity index (χ3v) is 5.30. The summed E-state index contributed by atoms with van der Waals surface area (Å²) in [6.07, 6.45) is -0.230. The van der Waals surface area contributed by atoms with Gasteiger partial charge in [0.25, 0.3) is 5.91 Å². The van der Waals surface area contributed by atoms with Crippen LogP contribution in [-0.4, -0.2) is 60.0 Å². The fourth-order valence-corrected chi connectivity index (χ4v) is 3.57. The lowest BCUT2D eigenvalue weighted by atomic mass is 10.1. The molecule has 2 aromatic rings. The predicted molar refractivity (Wildman–Crippen MR) is 122 cm³/mol. The van der Waals surface area contributed by atoms with E-state index in [1.165, 1.54) is 30.2 Å². The summed E-state index contributed by atoms with van der Waals surface area (Å²) < 4.78 is 9.95. The number of esters is 2. The minimum absolute atomic E-state index is 0.000759. The summed E-state index contributed by atoms with van der Waals surface area (Å²) in [5.41, 5.74) is 1.24. The maximum atomic E-state index is 12.7. The first-order chi connectivity index (χ1) is 15.9. The molecule has 0 saturated carbocycles. The molecule has 1 aliphatic rings. The van der Waals surface area contributed by atoms with Gasteiger partial charge in [0.15, 0.2) is 5.11 Å². The number of benzene rings is 2. The molecule has 0 radical (unpaired) electrons. The van der Waals surface area contributed by atoms with E-state index in [4.69, 9.17) is 17.0 Å². The molecule has 2 aromatic carbocycles. The Balaban J connectivity index is 1.63. The fraction of sp³-hybridized carbons (Fsp3) is 0.261. The Kier molecular flexibility index (Phi) is 8.09. The Morgan fingerprint density at radius 1 is 1.12 bits per heavy atom. The number of carbonyl (C=O) groups is 4. The number of thiocarbonyl (C=S) groups is 1. The van der Waals surface area contributed by atoms with E-state index in [0.29, 0.717) is 13.1 Å². The summed E-state index contributed by atoms with van der Waals surface area (Å²) in [7, 11) is 1.25. The van der Waals surface area contributed by atoms with Crippen LogP contribution >= 0.6 is 12.2 Å². The molecule has 3 rings (SSSR count). The van der Waals surface area contributed by atoms with Gasteiger partial charge < -0.3 is 19.7 Å². The summed E-state index contributed by atoms with van der Waals surface area (Å²) in [5, 5.41) is 5.26. The second-order valence-corrected chi connectivity index (χ2v) is 7.57. The van der Waals surface area contributed by atoms with Crippen molar-refractivity contribution in [2.75, 3.05) is 20.2 Å². The molecule has 1 saturated heterocycles. The summed E-state index contributed by atoms with van der Waals surface area (Å²) >= 11 is 5.35. The lowest BCUT2D eigenvalue weighted by molar-refractivity contribution is -0.148. The van der Waals surface area contributed by atoms with Crippen LogP contribution in [0.1, 0.15) is 32.7 Å². The van der Waals surface area contributed by atoms with Gasteiger partial charge in [-0.15, -0.1) is 0 Å². The van der Waals surface area contributed by atoms with Crippen molar-refractivity contribution in [1.29, 1.82) is 0 Å². The number of hydrogen-bond donors (Lipinski definition) is 2. The standard InChI is InChI=1S/C23H23N3O6S/c1-31-22(30)17-9-5-8-16(12-17)20(28)25-23(33)26-11-10-24-21(29)18(26)13-19(27)32-14-15-6-3-2-4-7-15/h2-9,12,18H,10-11,13-14H2,1H3,(H,24,29)(H,25,28,33). The molecule has 1 atom stereocenters. The first-order valence-corrected chi connectivity index (χ1v) is 10.6. The third-order valence-electron chi connectivity index (χ3n) is 4.96. The van der Waals surface area contributed by atoms with Crippen LogP contribution in [0, 0.1) is 0 Å². The van der Waals surface area contributed by atoms with Crippen LogP contribution in [0.4, 0.5) is 0 Å². The number of piperazine rings is 1. The summed E-state index contributed by atoms with van der Waals surface area (Å²) in [4.78, 5) is 50.7. The van der Waals surface area contributed by atoms with Crippen LogP contribution in [-0.2, 0) is 25.7 Å². The maximum Gasteiger partial charge on any atom is 0.337 e. The molecular weight excluding hydrogens is 446 g/mol. The van der Waals surface area contributed by atoms with Crippen LogP contribution in [0.5, 0.6) is 0 Å². The van der Waals surface area contributed by atoms with E-state index in [0.717, 1.165) is 5.56 Å². The van der Waals surface area contributed by atoms with Crippen molar-refractivity contribution in [2.45, 2.75) is 19.1 Å². The van der Waals surface area contributed by atoms with Gasteiger partial charge in [0.2, 0.25) is 5.91 Å². The molecule has 0 spiro atoms. The van der Waals surface area contributed by atoms with E-state index in [-0.39, 0.29) is 35.2 Å². The molecule has 1 fully saturated rings.